The van der Waals surface area contributed by atoms with Gasteiger partial charge in [-0.2, -0.15) is 0 Å². The quantitative estimate of drug-likeness (QED) is 0.293. The van der Waals surface area contributed by atoms with Gasteiger partial charge in [0.25, 0.3) is 0 Å². The summed E-state index contributed by atoms with van der Waals surface area (Å²) in [4.78, 5) is 0. The van der Waals surface area contributed by atoms with Crippen LogP contribution in [0.15, 0.2) is 115 Å². The van der Waals surface area contributed by atoms with Crippen LogP contribution in [0.25, 0.3) is 31.3 Å². The van der Waals surface area contributed by atoms with Gasteiger partial charge in [-0.3, -0.25) is 0 Å². The minimum atomic E-state index is -2.41. The highest BCUT2D eigenvalue weighted by Gasteiger charge is 2.48. The van der Waals surface area contributed by atoms with Gasteiger partial charge >= 0.3 is 0 Å². The normalized spacial score (nSPS) is 16.8. The first-order chi connectivity index (χ1) is 16.3. The molecule has 1 aliphatic rings. The van der Waals surface area contributed by atoms with E-state index in [1.165, 1.54) is 57.6 Å². The number of aryl methyl sites for hydroxylation is 1. The van der Waals surface area contributed by atoms with Crippen molar-refractivity contribution in [3.63, 3.8) is 0 Å². The van der Waals surface area contributed by atoms with E-state index >= 15 is 0 Å². The molecule has 0 N–H and O–H groups in total. The highest BCUT2D eigenvalue weighted by atomic mass is 32.1. The molecule has 2 heterocycles. The minimum Gasteiger partial charge on any atom is -0.135 e. The molecule has 33 heavy (non-hydrogen) atoms. The van der Waals surface area contributed by atoms with E-state index in [4.69, 9.17) is 0 Å². The first kappa shape index (κ1) is 19.0. The van der Waals surface area contributed by atoms with Crippen LogP contribution in [0.1, 0.15) is 5.56 Å². The van der Waals surface area contributed by atoms with Crippen LogP contribution >= 0.6 is 11.3 Å². The zero-order valence-corrected chi connectivity index (χ0v) is 20.2. The van der Waals surface area contributed by atoms with Crippen LogP contribution in [0, 0.1) is 6.92 Å². The van der Waals surface area contributed by atoms with Crippen LogP contribution in [0.5, 0.6) is 0 Å². The highest BCUT2D eigenvalue weighted by molar-refractivity contribution is 7.26. The lowest BCUT2D eigenvalue weighted by molar-refractivity contribution is 1.49. The second-order valence-electron chi connectivity index (χ2n) is 9.02. The smallest absolute Gasteiger partial charge is 0.135 e. The van der Waals surface area contributed by atoms with Gasteiger partial charge < -0.3 is 0 Å². The predicted octanol–water partition coefficient (Wildman–Crippen LogP) is 5.72. The Balaban J connectivity index is 1.67. The van der Waals surface area contributed by atoms with Crippen molar-refractivity contribution in [2.75, 3.05) is 0 Å². The van der Waals surface area contributed by atoms with Gasteiger partial charge in [-0.05, 0) is 57.0 Å². The molecule has 0 aliphatic carbocycles. The molecule has 6 aromatic rings. The summed E-state index contributed by atoms with van der Waals surface area (Å²) in [6.45, 7) is 2.18. The molecule has 0 bridgehead atoms. The highest BCUT2D eigenvalue weighted by Crippen LogP contribution is 2.38. The van der Waals surface area contributed by atoms with E-state index in [0.29, 0.717) is 0 Å². The molecular weight excluding hydrogens is 432 g/mol. The third-order valence-corrected chi connectivity index (χ3v) is 13.2. The standard InChI is InChI=1S/C31H22SSi/c1-21-15-17-23(18-16-21)33(22-9-3-2-4-10-22)30-14-8-6-12-25(30)27-19-26-24-11-5-7-13-28(24)32-29(26)20-31(27)33/h2-20H,1H3. The molecular formula is C31H22SSi. The molecule has 1 atom stereocenters. The van der Waals surface area contributed by atoms with Crippen molar-refractivity contribution in [1.82, 2.24) is 0 Å². The first-order valence-electron chi connectivity index (χ1n) is 11.4. The molecule has 1 aromatic heterocycles. The fourth-order valence-corrected chi connectivity index (χ4v) is 12.2. The van der Waals surface area contributed by atoms with Crippen molar-refractivity contribution < 1.29 is 0 Å². The van der Waals surface area contributed by atoms with Gasteiger partial charge in [0.2, 0.25) is 0 Å². The maximum absolute atomic E-state index is 2.54. The summed E-state index contributed by atoms with van der Waals surface area (Å²) in [6.07, 6.45) is 0. The van der Waals surface area contributed by atoms with Crippen LogP contribution in [0.4, 0.5) is 0 Å². The molecule has 0 spiro atoms. The fraction of sp³-hybridized carbons (Fsp3) is 0.0323. The van der Waals surface area contributed by atoms with Crippen molar-refractivity contribution >= 4 is 60.3 Å². The van der Waals surface area contributed by atoms with Gasteiger partial charge in [-0.25, -0.2) is 0 Å². The average Bonchev–Trinajstić information content (AvgIpc) is 3.37. The third kappa shape index (κ3) is 2.56. The number of thiophene rings is 1. The molecule has 0 saturated heterocycles. The van der Waals surface area contributed by atoms with Crippen LogP contribution in [0.3, 0.4) is 0 Å². The topological polar surface area (TPSA) is 0 Å². The summed E-state index contributed by atoms with van der Waals surface area (Å²) in [6, 6.07) is 43.6. The molecule has 1 aliphatic heterocycles. The molecule has 0 saturated carbocycles. The maximum atomic E-state index is 2.54. The zero-order valence-electron chi connectivity index (χ0n) is 18.4. The number of benzene rings is 5. The molecule has 0 nitrogen and oxygen atoms in total. The lowest BCUT2D eigenvalue weighted by atomic mass is 10.0. The van der Waals surface area contributed by atoms with Crippen molar-refractivity contribution in [2.24, 2.45) is 0 Å². The largest absolute Gasteiger partial charge is 0.180 e. The Morgan fingerprint density at radius 1 is 0.515 bits per heavy atom. The lowest BCUT2D eigenvalue weighted by Gasteiger charge is -2.31. The Kier molecular flexibility index (Phi) is 4.05. The van der Waals surface area contributed by atoms with E-state index in [1.807, 2.05) is 11.3 Å². The second kappa shape index (κ2) is 7.02. The Morgan fingerprint density at radius 2 is 1.21 bits per heavy atom. The molecule has 2 heteroatoms. The molecule has 7 rings (SSSR count). The summed E-state index contributed by atoms with van der Waals surface area (Å²) >= 11 is 1.92. The lowest BCUT2D eigenvalue weighted by Crippen LogP contribution is -2.72. The van der Waals surface area contributed by atoms with Crippen LogP contribution in [-0.4, -0.2) is 8.07 Å². The van der Waals surface area contributed by atoms with E-state index in [0.717, 1.165) is 0 Å². The summed E-state index contributed by atoms with van der Waals surface area (Å²) in [5, 5.41) is 8.71. The SMILES string of the molecule is Cc1ccc([Si]2(c3ccccc3)c3ccccc3-c3cc4c(cc32)sc2ccccc24)cc1. The van der Waals surface area contributed by atoms with Gasteiger partial charge in [0.05, 0.1) is 0 Å². The van der Waals surface area contributed by atoms with E-state index in [9.17, 15) is 0 Å². The van der Waals surface area contributed by atoms with Gasteiger partial charge in [0.1, 0.15) is 0 Å². The fourth-order valence-electron chi connectivity index (χ4n) is 5.77. The summed E-state index contributed by atoms with van der Waals surface area (Å²) in [5.41, 5.74) is 4.13. The molecule has 0 amide bonds. The van der Waals surface area contributed by atoms with Gasteiger partial charge in [-0.1, -0.05) is 103 Å². The van der Waals surface area contributed by atoms with Crippen LogP contribution in [-0.2, 0) is 0 Å². The summed E-state index contributed by atoms with van der Waals surface area (Å²) in [5.74, 6) is 0. The van der Waals surface area contributed by atoms with Crippen LogP contribution in [0.2, 0.25) is 0 Å². The predicted molar refractivity (Wildman–Crippen MR) is 147 cm³/mol. The third-order valence-electron chi connectivity index (χ3n) is 7.23. The molecule has 0 fully saturated rings. The van der Waals surface area contributed by atoms with E-state index in [-0.39, 0.29) is 0 Å². The molecule has 5 aromatic carbocycles. The van der Waals surface area contributed by atoms with E-state index < -0.39 is 8.07 Å². The Hall–Kier alpha value is -3.46. The van der Waals surface area contributed by atoms with Crippen molar-refractivity contribution in [3.05, 3.63) is 121 Å². The van der Waals surface area contributed by atoms with E-state index in [2.05, 4.69) is 122 Å². The Bertz CT molecular complexity index is 1660. The summed E-state index contributed by atoms with van der Waals surface area (Å²) < 4.78 is 2.76. The summed E-state index contributed by atoms with van der Waals surface area (Å²) in [7, 11) is -2.41. The van der Waals surface area contributed by atoms with Crippen molar-refractivity contribution in [3.8, 4) is 11.1 Å². The molecule has 1 unspecified atom stereocenters. The molecule has 0 radical (unpaired) electrons. The number of rotatable bonds is 2. The number of hydrogen-bond acceptors (Lipinski definition) is 1. The van der Waals surface area contributed by atoms with Crippen LogP contribution < -0.4 is 20.7 Å². The monoisotopic (exact) mass is 454 g/mol. The second-order valence-corrected chi connectivity index (χ2v) is 13.8. The number of hydrogen-bond donors (Lipinski definition) is 0. The van der Waals surface area contributed by atoms with Gasteiger partial charge in [0, 0.05) is 20.2 Å². The van der Waals surface area contributed by atoms with Gasteiger partial charge in [-0.15, -0.1) is 11.3 Å². The Morgan fingerprint density at radius 3 is 2.06 bits per heavy atom. The maximum Gasteiger partial charge on any atom is 0.180 e. The van der Waals surface area contributed by atoms with Gasteiger partial charge in [0.15, 0.2) is 8.07 Å². The van der Waals surface area contributed by atoms with Crippen molar-refractivity contribution in [1.29, 1.82) is 0 Å². The number of fused-ring (bicyclic) bond motifs is 6. The van der Waals surface area contributed by atoms with E-state index in [1.54, 1.807) is 0 Å². The zero-order chi connectivity index (χ0) is 22.0. The minimum absolute atomic E-state index is 1.31. The Labute approximate surface area is 198 Å². The average molecular weight is 455 g/mol. The first-order valence-corrected chi connectivity index (χ1v) is 14.3. The van der Waals surface area contributed by atoms with Crippen molar-refractivity contribution in [2.45, 2.75) is 6.92 Å². The molecule has 156 valence electrons.